The molecule has 2 nitrogen and oxygen atoms in total. The van der Waals surface area contributed by atoms with E-state index in [4.69, 9.17) is 0 Å². The standard InChI is InChI=1S/C23H46N2/c1-19(2)16-24-18-22-11-9-10-21(15-22)14-20(3)17-25-23-12-7-5-4-6-8-13-23/h19-25H,4-18H2,1-3H3. The molecule has 2 N–H and O–H groups in total. The first-order chi connectivity index (χ1) is 12.1. The maximum absolute atomic E-state index is 3.92. The lowest BCUT2D eigenvalue weighted by Gasteiger charge is -2.32. The van der Waals surface area contributed by atoms with Crippen LogP contribution in [0.15, 0.2) is 0 Å². The Morgan fingerprint density at radius 3 is 2.16 bits per heavy atom. The SMILES string of the molecule is CC(C)CNCC1CCCC(CC(C)CNC2CCCCCCC2)C1. The van der Waals surface area contributed by atoms with Crippen LogP contribution in [0.1, 0.15) is 97.8 Å². The Hall–Kier alpha value is -0.0800. The van der Waals surface area contributed by atoms with Crippen LogP contribution in [-0.2, 0) is 0 Å². The van der Waals surface area contributed by atoms with Crippen LogP contribution in [0.2, 0.25) is 0 Å². The van der Waals surface area contributed by atoms with E-state index in [1.54, 1.807) is 0 Å². The van der Waals surface area contributed by atoms with Crippen LogP contribution in [0, 0.1) is 23.7 Å². The predicted octanol–water partition coefficient (Wildman–Crippen LogP) is 5.77. The smallest absolute Gasteiger partial charge is 0.00671 e. The van der Waals surface area contributed by atoms with Gasteiger partial charge in [0.05, 0.1) is 0 Å². The summed E-state index contributed by atoms with van der Waals surface area (Å²) in [4.78, 5) is 0. The number of hydrogen-bond acceptors (Lipinski definition) is 2. The Labute approximate surface area is 158 Å². The average Bonchev–Trinajstić information content (AvgIpc) is 2.54. The highest BCUT2D eigenvalue weighted by atomic mass is 14.9. The molecule has 0 saturated heterocycles. The molecule has 0 aromatic rings. The van der Waals surface area contributed by atoms with Crippen molar-refractivity contribution < 1.29 is 0 Å². The van der Waals surface area contributed by atoms with Crippen LogP contribution >= 0.6 is 0 Å². The molecule has 148 valence electrons. The van der Waals surface area contributed by atoms with Gasteiger partial charge < -0.3 is 10.6 Å². The molecular weight excluding hydrogens is 304 g/mol. The zero-order chi connectivity index (χ0) is 17.9. The highest BCUT2D eigenvalue weighted by Crippen LogP contribution is 2.32. The molecule has 2 saturated carbocycles. The summed E-state index contributed by atoms with van der Waals surface area (Å²) in [5.41, 5.74) is 0. The Kier molecular flexibility index (Phi) is 10.5. The zero-order valence-corrected chi connectivity index (χ0v) is 17.5. The first-order valence-electron chi connectivity index (χ1n) is 11.6. The quantitative estimate of drug-likeness (QED) is 0.552. The van der Waals surface area contributed by atoms with E-state index in [1.165, 1.54) is 96.7 Å². The highest BCUT2D eigenvalue weighted by Gasteiger charge is 2.23. The summed E-state index contributed by atoms with van der Waals surface area (Å²) in [5.74, 6) is 3.54. The van der Waals surface area contributed by atoms with E-state index >= 15 is 0 Å². The van der Waals surface area contributed by atoms with Crippen LogP contribution in [0.4, 0.5) is 0 Å². The zero-order valence-electron chi connectivity index (χ0n) is 17.5. The molecule has 2 aliphatic carbocycles. The monoisotopic (exact) mass is 350 g/mol. The molecule has 0 aliphatic heterocycles. The van der Waals surface area contributed by atoms with Crippen molar-refractivity contribution in [2.75, 3.05) is 19.6 Å². The van der Waals surface area contributed by atoms with Gasteiger partial charge in [0.15, 0.2) is 0 Å². The Morgan fingerprint density at radius 1 is 0.760 bits per heavy atom. The highest BCUT2D eigenvalue weighted by molar-refractivity contribution is 4.78. The van der Waals surface area contributed by atoms with Gasteiger partial charge in [-0.05, 0) is 75.4 Å². The van der Waals surface area contributed by atoms with Gasteiger partial charge in [-0.1, -0.05) is 65.7 Å². The second kappa shape index (κ2) is 12.3. The second-order valence-corrected chi connectivity index (χ2v) is 9.74. The summed E-state index contributed by atoms with van der Waals surface area (Å²) in [5, 5.41) is 7.62. The van der Waals surface area contributed by atoms with Gasteiger partial charge in [-0.25, -0.2) is 0 Å². The maximum Gasteiger partial charge on any atom is 0.00671 e. The first-order valence-corrected chi connectivity index (χ1v) is 11.6. The third kappa shape index (κ3) is 9.43. The van der Waals surface area contributed by atoms with E-state index in [0.717, 1.165) is 29.7 Å². The minimum atomic E-state index is 0.777. The molecule has 3 unspecified atom stereocenters. The van der Waals surface area contributed by atoms with Crippen LogP contribution in [0.5, 0.6) is 0 Å². The van der Waals surface area contributed by atoms with Crippen LogP contribution in [0.3, 0.4) is 0 Å². The average molecular weight is 351 g/mol. The van der Waals surface area contributed by atoms with Gasteiger partial charge in [-0.3, -0.25) is 0 Å². The van der Waals surface area contributed by atoms with Gasteiger partial charge in [-0.15, -0.1) is 0 Å². The van der Waals surface area contributed by atoms with Crippen molar-refractivity contribution in [3.05, 3.63) is 0 Å². The number of nitrogens with one attached hydrogen (secondary N) is 2. The van der Waals surface area contributed by atoms with E-state index in [-0.39, 0.29) is 0 Å². The van der Waals surface area contributed by atoms with E-state index in [9.17, 15) is 0 Å². The van der Waals surface area contributed by atoms with Crippen molar-refractivity contribution in [2.24, 2.45) is 23.7 Å². The normalized spacial score (nSPS) is 27.8. The van der Waals surface area contributed by atoms with Gasteiger partial charge in [0.1, 0.15) is 0 Å². The van der Waals surface area contributed by atoms with E-state index < -0.39 is 0 Å². The van der Waals surface area contributed by atoms with Gasteiger partial charge in [0.25, 0.3) is 0 Å². The lowest BCUT2D eigenvalue weighted by Crippen LogP contribution is -2.34. The molecule has 3 atom stereocenters. The van der Waals surface area contributed by atoms with Crippen molar-refractivity contribution in [1.82, 2.24) is 10.6 Å². The molecular formula is C23H46N2. The molecule has 0 amide bonds. The predicted molar refractivity (Wildman–Crippen MR) is 111 cm³/mol. The van der Waals surface area contributed by atoms with Crippen molar-refractivity contribution in [3.8, 4) is 0 Å². The molecule has 0 bridgehead atoms. The Bertz CT molecular complexity index is 320. The lowest BCUT2D eigenvalue weighted by atomic mass is 9.77. The van der Waals surface area contributed by atoms with Gasteiger partial charge >= 0.3 is 0 Å². The molecule has 0 heterocycles. The number of hydrogen-bond donors (Lipinski definition) is 2. The minimum Gasteiger partial charge on any atom is -0.316 e. The second-order valence-electron chi connectivity index (χ2n) is 9.74. The molecule has 0 spiro atoms. The van der Waals surface area contributed by atoms with E-state index in [0.29, 0.717) is 0 Å². The third-order valence-corrected chi connectivity index (χ3v) is 6.47. The number of rotatable bonds is 9. The van der Waals surface area contributed by atoms with E-state index in [2.05, 4.69) is 31.4 Å². The molecule has 0 aromatic heterocycles. The third-order valence-electron chi connectivity index (χ3n) is 6.47. The fourth-order valence-corrected chi connectivity index (χ4v) is 5.06. The van der Waals surface area contributed by atoms with Crippen molar-refractivity contribution >= 4 is 0 Å². The van der Waals surface area contributed by atoms with Crippen LogP contribution in [-0.4, -0.2) is 25.7 Å². The minimum absolute atomic E-state index is 0.777. The molecule has 0 radical (unpaired) electrons. The first kappa shape index (κ1) is 21.2. The van der Waals surface area contributed by atoms with Crippen LogP contribution in [0.25, 0.3) is 0 Å². The summed E-state index contributed by atoms with van der Waals surface area (Å²) >= 11 is 0. The Balaban J connectivity index is 1.61. The summed E-state index contributed by atoms with van der Waals surface area (Å²) in [6, 6.07) is 0.807. The lowest BCUT2D eigenvalue weighted by molar-refractivity contribution is 0.221. The van der Waals surface area contributed by atoms with Crippen molar-refractivity contribution in [3.63, 3.8) is 0 Å². The molecule has 2 aliphatic rings. The fraction of sp³-hybridized carbons (Fsp3) is 1.00. The fourth-order valence-electron chi connectivity index (χ4n) is 5.06. The van der Waals surface area contributed by atoms with Crippen LogP contribution < -0.4 is 10.6 Å². The van der Waals surface area contributed by atoms with E-state index in [1.807, 2.05) is 0 Å². The molecule has 25 heavy (non-hydrogen) atoms. The van der Waals surface area contributed by atoms with Crippen molar-refractivity contribution in [2.45, 2.75) is 104 Å². The van der Waals surface area contributed by atoms with Gasteiger partial charge in [0, 0.05) is 6.04 Å². The summed E-state index contributed by atoms with van der Waals surface area (Å²) < 4.78 is 0. The molecule has 2 heteroatoms. The topological polar surface area (TPSA) is 24.1 Å². The Morgan fingerprint density at radius 2 is 1.44 bits per heavy atom. The molecule has 2 rings (SSSR count). The van der Waals surface area contributed by atoms with Gasteiger partial charge in [-0.2, -0.15) is 0 Å². The summed E-state index contributed by atoms with van der Waals surface area (Å²) in [7, 11) is 0. The van der Waals surface area contributed by atoms with Gasteiger partial charge in [0.2, 0.25) is 0 Å². The molecule has 0 aromatic carbocycles. The largest absolute Gasteiger partial charge is 0.316 e. The van der Waals surface area contributed by atoms with Crippen molar-refractivity contribution in [1.29, 1.82) is 0 Å². The maximum atomic E-state index is 3.92. The summed E-state index contributed by atoms with van der Waals surface area (Å²) in [6.07, 6.45) is 17.4. The summed E-state index contributed by atoms with van der Waals surface area (Å²) in [6.45, 7) is 10.8. The molecule has 2 fully saturated rings.